The summed E-state index contributed by atoms with van der Waals surface area (Å²) in [6.45, 7) is 0.453. The van der Waals surface area contributed by atoms with Crippen LogP contribution in [0.5, 0.6) is 0 Å². The lowest BCUT2D eigenvalue weighted by Crippen LogP contribution is -2.34. The number of benzene rings is 2. The molecule has 8 heteroatoms. The summed E-state index contributed by atoms with van der Waals surface area (Å²) in [5, 5.41) is 5.33. The number of fused-ring (bicyclic) bond motifs is 1. The number of amides is 2. The number of hydrogen-bond donors (Lipinski definition) is 2. The Morgan fingerprint density at radius 1 is 1.00 bits per heavy atom. The molecule has 1 aliphatic rings. The van der Waals surface area contributed by atoms with Crippen LogP contribution in [0.3, 0.4) is 0 Å². The predicted octanol–water partition coefficient (Wildman–Crippen LogP) is 2.01. The summed E-state index contributed by atoms with van der Waals surface area (Å²) in [7, 11) is -1.78. The first-order chi connectivity index (χ1) is 12.8. The molecule has 0 spiro atoms. The summed E-state index contributed by atoms with van der Waals surface area (Å²) in [6.07, 6.45) is 2.63. The number of nitrogens with one attached hydrogen (secondary N) is 2. The van der Waals surface area contributed by atoms with E-state index in [-0.39, 0.29) is 11.8 Å². The topological polar surface area (TPSA) is 95.6 Å². The Hall–Kier alpha value is -2.87. The van der Waals surface area contributed by atoms with Crippen molar-refractivity contribution in [2.45, 2.75) is 12.8 Å². The minimum atomic E-state index is -3.33. The van der Waals surface area contributed by atoms with E-state index in [2.05, 4.69) is 10.6 Å². The zero-order valence-corrected chi connectivity index (χ0v) is 16.0. The van der Waals surface area contributed by atoms with Crippen molar-refractivity contribution in [3.63, 3.8) is 0 Å². The van der Waals surface area contributed by atoms with Crippen LogP contribution in [0, 0.1) is 0 Å². The third-order valence-corrected chi connectivity index (χ3v) is 5.63. The third-order valence-electron chi connectivity index (χ3n) is 4.45. The van der Waals surface area contributed by atoms with Gasteiger partial charge in [-0.25, -0.2) is 8.42 Å². The molecule has 2 aromatic rings. The van der Waals surface area contributed by atoms with E-state index < -0.39 is 10.0 Å². The average Bonchev–Trinajstić information content (AvgIpc) is 2.66. The average molecular weight is 387 g/mol. The Bertz CT molecular complexity index is 985. The fraction of sp³-hybridized carbons (Fsp3) is 0.263. The van der Waals surface area contributed by atoms with Crippen molar-refractivity contribution >= 4 is 33.2 Å². The van der Waals surface area contributed by atoms with E-state index in [1.165, 1.54) is 10.6 Å². The smallest absolute Gasteiger partial charge is 0.255 e. The number of sulfonamides is 1. The lowest BCUT2D eigenvalue weighted by Gasteiger charge is -2.29. The number of carbonyl (C=O) groups is 2. The van der Waals surface area contributed by atoms with Crippen LogP contribution in [0.15, 0.2) is 42.5 Å². The van der Waals surface area contributed by atoms with Gasteiger partial charge in [-0.3, -0.25) is 13.9 Å². The monoisotopic (exact) mass is 387 g/mol. The molecule has 2 N–H and O–H groups in total. The van der Waals surface area contributed by atoms with Gasteiger partial charge in [0, 0.05) is 30.4 Å². The van der Waals surface area contributed by atoms with Gasteiger partial charge in [-0.1, -0.05) is 0 Å². The Labute approximate surface area is 158 Å². The van der Waals surface area contributed by atoms with Crippen LogP contribution in [0.1, 0.15) is 32.7 Å². The van der Waals surface area contributed by atoms with Crippen LogP contribution >= 0.6 is 0 Å². The van der Waals surface area contributed by atoms with Crippen molar-refractivity contribution in [1.29, 1.82) is 0 Å². The zero-order valence-electron chi connectivity index (χ0n) is 15.2. The van der Waals surface area contributed by atoms with Crippen molar-refractivity contribution in [2.24, 2.45) is 0 Å². The highest BCUT2D eigenvalue weighted by atomic mass is 32.2. The Morgan fingerprint density at radius 2 is 1.67 bits per heavy atom. The first-order valence-corrected chi connectivity index (χ1v) is 10.4. The molecule has 0 bridgehead atoms. The molecule has 1 heterocycles. The standard InChI is InChI=1S/C19H21N3O4S/c1-20-18(23)13-5-8-16(9-6-13)21-19(24)15-7-10-17-14(12-15)4-3-11-22(17)27(2,25)26/h5-10,12H,3-4,11H2,1-2H3,(H,20,23)(H,21,24). The van der Waals surface area contributed by atoms with Gasteiger partial charge in [0.2, 0.25) is 10.0 Å². The molecule has 0 aromatic heterocycles. The maximum Gasteiger partial charge on any atom is 0.255 e. The Kier molecular flexibility index (Phi) is 5.18. The molecule has 0 unspecified atom stereocenters. The number of anilines is 2. The van der Waals surface area contributed by atoms with Crippen LogP contribution < -0.4 is 14.9 Å². The molecule has 142 valence electrons. The second-order valence-electron chi connectivity index (χ2n) is 6.39. The Morgan fingerprint density at radius 3 is 2.30 bits per heavy atom. The van der Waals surface area contributed by atoms with E-state index in [0.717, 1.165) is 12.0 Å². The maximum absolute atomic E-state index is 12.5. The normalized spacial score (nSPS) is 13.6. The molecule has 2 amide bonds. The summed E-state index contributed by atoms with van der Waals surface area (Å²) in [4.78, 5) is 24.1. The molecule has 0 saturated heterocycles. The maximum atomic E-state index is 12.5. The van der Waals surface area contributed by atoms with Crippen LogP contribution in [-0.2, 0) is 16.4 Å². The fourth-order valence-electron chi connectivity index (χ4n) is 3.10. The molecule has 0 atom stereocenters. The van der Waals surface area contributed by atoms with Gasteiger partial charge in [0.05, 0.1) is 11.9 Å². The van der Waals surface area contributed by atoms with Crippen LogP contribution in [0.2, 0.25) is 0 Å². The number of carbonyl (C=O) groups excluding carboxylic acids is 2. The van der Waals surface area contributed by atoms with Crippen LogP contribution in [0.25, 0.3) is 0 Å². The molecule has 3 rings (SSSR count). The molecule has 0 radical (unpaired) electrons. The lowest BCUT2D eigenvalue weighted by molar-refractivity contribution is 0.0962. The highest BCUT2D eigenvalue weighted by molar-refractivity contribution is 7.92. The molecule has 0 aliphatic carbocycles. The van der Waals surface area contributed by atoms with Crippen molar-refractivity contribution in [3.8, 4) is 0 Å². The minimum Gasteiger partial charge on any atom is -0.355 e. The second kappa shape index (κ2) is 7.40. The van der Waals surface area contributed by atoms with Gasteiger partial charge in [-0.2, -0.15) is 0 Å². The van der Waals surface area contributed by atoms with E-state index in [4.69, 9.17) is 0 Å². The van der Waals surface area contributed by atoms with E-state index in [1.807, 2.05) is 0 Å². The highest BCUT2D eigenvalue weighted by Gasteiger charge is 2.24. The third kappa shape index (κ3) is 4.11. The lowest BCUT2D eigenvalue weighted by atomic mass is 10.0. The van der Waals surface area contributed by atoms with E-state index >= 15 is 0 Å². The summed E-state index contributed by atoms with van der Waals surface area (Å²) < 4.78 is 25.2. The van der Waals surface area contributed by atoms with E-state index in [0.29, 0.717) is 35.5 Å². The molecule has 0 saturated carbocycles. The summed E-state index contributed by atoms with van der Waals surface area (Å²) in [6, 6.07) is 11.6. The van der Waals surface area contributed by atoms with Crippen LogP contribution in [0.4, 0.5) is 11.4 Å². The molecular weight excluding hydrogens is 366 g/mol. The predicted molar refractivity (Wildman–Crippen MR) is 105 cm³/mol. The van der Waals surface area contributed by atoms with Crippen molar-refractivity contribution < 1.29 is 18.0 Å². The number of rotatable bonds is 4. The molecule has 1 aliphatic heterocycles. The van der Waals surface area contributed by atoms with Gasteiger partial charge >= 0.3 is 0 Å². The summed E-state index contributed by atoms with van der Waals surface area (Å²) in [5.74, 6) is -0.486. The van der Waals surface area contributed by atoms with Crippen molar-refractivity contribution in [1.82, 2.24) is 5.32 Å². The SMILES string of the molecule is CNC(=O)c1ccc(NC(=O)c2ccc3c(c2)CCCN3S(C)(=O)=O)cc1. The first-order valence-electron chi connectivity index (χ1n) is 8.54. The van der Waals surface area contributed by atoms with Gasteiger partial charge in [0.15, 0.2) is 0 Å². The van der Waals surface area contributed by atoms with Gasteiger partial charge in [0.1, 0.15) is 0 Å². The molecular formula is C19H21N3O4S. The molecule has 27 heavy (non-hydrogen) atoms. The molecule has 7 nitrogen and oxygen atoms in total. The quantitative estimate of drug-likeness (QED) is 0.839. The molecule has 2 aromatic carbocycles. The number of aryl methyl sites for hydroxylation is 1. The van der Waals surface area contributed by atoms with Crippen LogP contribution in [-0.4, -0.2) is 40.1 Å². The summed E-state index contributed by atoms with van der Waals surface area (Å²) >= 11 is 0. The minimum absolute atomic E-state index is 0.196. The van der Waals surface area contributed by atoms with Gasteiger partial charge in [-0.05, 0) is 60.9 Å². The highest BCUT2D eigenvalue weighted by Crippen LogP contribution is 2.30. The Balaban J connectivity index is 1.79. The van der Waals surface area contributed by atoms with Gasteiger partial charge < -0.3 is 10.6 Å². The van der Waals surface area contributed by atoms with Crippen molar-refractivity contribution in [2.75, 3.05) is 29.5 Å². The number of nitrogens with zero attached hydrogens (tertiary/aromatic N) is 1. The second-order valence-corrected chi connectivity index (χ2v) is 8.30. The van der Waals surface area contributed by atoms with E-state index in [1.54, 1.807) is 49.5 Å². The number of hydrogen-bond acceptors (Lipinski definition) is 4. The first kappa shape index (κ1) is 18.9. The molecule has 0 fully saturated rings. The summed E-state index contributed by atoms with van der Waals surface area (Å²) in [5.41, 5.74) is 3.01. The van der Waals surface area contributed by atoms with Crippen molar-refractivity contribution in [3.05, 3.63) is 59.2 Å². The zero-order chi connectivity index (χ0) is 19.6. The fourth-order valence-corrected chi connectivity index (χ4v) is 4.10. The van der Waals surface area contributed by atoms with Gasteiger partial charge in [-0.15, -0.1) is 0 Å². The van der Waals surface area contributed by atoms with E-state index in [9.17, 15) is 18.0 Å². The largest absolute Gasteiger partial charge is 0.355 e. The van der Waals surface area contributed by atoms with Gasteiger partial charge in [0.25, 0.3) is 11.8 Å².